The number of hydrogen-bond acceptors (Lipinski definition) is 3. The Kier molecular flexibility index (Phi) is 4.13. The van der Waals surface area contributed by atoms with E-state index in [2.05, 4.69) is 0 Å². The van der Waals surface area contributed by atoms with E-state index in [1.165, 1.54) is 24.3 Å². The number of rotatable bonds is 4. The van der Waals surface area contributed by atoms with E-state index in [0.29, 0.717) is 11.1 Å². The Hall–Kier alpha value is -2.95. The second-order valence-electron chi connectivity index (χ2n) is 4.58. The minimum atomic E-state index is -1.08. The first kappa shape index (κ1) is 14.5. The summed E-state index contributed by atoms with van der Waals surface area (Å²) >= 11 is 0. The van der Waals surface area contributed by atoms with Gasteiger partial charge in [-0.05, 0) is 24.1 Å². The Bertz CT molecular complexity index is 717. The standard InChI is InChI=1S/C16H13NO4/c1-11-5-7-13(8-6-11)15(16(18)19)10-12-3-2-4-14(9-12)17(20)21/h2-10H,1H3,(H,18,19)/b15-10-. The number of nitrogens with zero attached hydrogens (tertiary/aromatic N) is 1. The van der Waals surface area contributed by atoms with Crippen LogP contribution in [0.2, 0.25) is 0 Å². The molecule has 0 aliphatic rings. The number of hydrogen-bond donors (Lipinski definition) is 1. The summed E-state index contributed by atoms with van der Waals surface area (Å²) in [5, 5.41) is 20.1. The molecule has 1 N–H and O–H groups in total. The van der Waals surface area contributed by atoms with Crippen molar-refractivity contribution in [3.8, 4) is 0 Å². The highest BCUT2D eigenvalue weighted by molar-refractivity contribution is 6.20. The molecular formula is C16H13NO4. The summed E-state index contributed by atoms with van der Waals surface area (Å²) in [6.07, 6.45) is 1.43. The summed E-state index contributed by atoms with van der Waals surface area (Å²) in [6.45, 7) is 1.91. The van der Waals surface area contributed by atoms with Crippen LogP contribution >= 0.6 is 0 Å². The number of nitro benzene ring substituents is 1. The highest BCUT2D eigenvalue weighted by Gasteiger charge is 2.11. The quantitative estimate of drug-likeness (QED) is 0.403. The van der Waals surface area contributed by atoms with Gasteiger partial charge >= 0.3 is 5.97 Å². The van der Waals surface area contributed by atoms with Crippen LogP contribution in [0.3, 0.4) is 0 Å². The molecule has 0 fully saturated rings. The third kappa shape index (κ3) is 3.54. The number of nitro groups is 1. The molecule has 0 spiro atoms. The lowest BCUT2D eigenvalue weighted by atomic mass is 10.0. The van der Waals surface area contributed by atoms with Crippen LogP contribution in [0, 0.1) is 17.0 Å². The van der Waals surface area contributed by atoms with Gasteiger partial charge in [0, 0.05) is 12.1 Å². The van der Waals surface area contributed by atoms with Crippen molar-refractivity contribution in [1.29, 1.82) is 0 Å². The molecule has 0 aliphatic heterocycles. The Morgan fingerprint density at radius 3 is 2.43 bits per heavy atom. The average molecular weight is 283 g/mol. The molecule has 106 valence electrons. The average Bonchev–Trinajstić information content (AvgIpc) is 2.46. The van der Waals surface area contributed by atoms with Gasteiger partial charge < -0.3 is 5.11 Å². The Balaban J connectivity index is 2.47. The number of aliphatic carboxylic acids is 1. The Morgan fingerprint density at radius 2 is 1.86 bits per heavy atom. The molecule has 0 atom stereocenters. The van der Waals surface area contributed by atoms with E-state index in [1.807, 2.05) is 19.1 Å². The summed E-state index contributed by atoms with van der Waals surface area (Å²) in [4.78, 5) is 21.6. The van der Waals surface area contributed by atoms with Gasteiger partial charge in [0.15, 0.2) is 0 Å². The molecule has 2 aromatic carbocycles. The molecule has 0 aliphatic carbocycles. The fourth-order valence-corrected chi connectivity index (χ4v) is 1.90. The van der Waals surface area contributed by atoms with Crippen LogP contribution in [0.1, 0.15) is 16.7 Å². The maximum Gasteiger partial charge on any atom is 0.336 e. The molecule has 5 heteroatoms. The molecule has 0 saturated carbocycles. The normalized spacial score (nSPS) is 11.2. The summed E-state index contributed by atoms with van der Waals surface area (Å²) in [6, 6.07) is 12.9. The van der Waals surface area contributed by atoms with Gasteiger partial charge in [-0.2, -0.15) is 0 Å². The predicted octanol–water partition coefficient (Wildman–Crippen LogP) is 3.53. The largest absolute Gasteiger partial charge is 0.478 e. The fourth-order valence-electron chi connectivity index (χ4n) is 1.90. The number of carbonyl (C=O) groups is 1. The van der Waals surface area contributed by atoms with E-state index in [-0.39, 0.29) is 11.3 Å². The van der Waals surface area contributed by atoms with Gasteiger partial charge in [-0.3, -0.25) is 10.1 Å². The van der Waals surface area contributed by atoms with Crippen LogP contribution in [-0.4, -0.2) is 16.0 Å². The first-order valence-corrected chi connectivity index (χ1v) is 6.24. The van der Waals surface area contributed by atoms with Crippen LogP contribution in [0.25, 0.3) is 11.6 Å². The molecule has 5 nitrogen and oxygen atoms in total. The smallest absolute Gasteiger partial charge is 0.336 e. The van der Waals surface area contributed by atoms with Crippen molar-refractivity contribution in [2.24, 2.45) is 0 Å². The van der Waals surface area contributed by atoms with Gasteiger partial charge in [0.1, 0.15) is 0 Å². The summed E-state index contributed by atoms with van der Waals surface area (Å²) in [5.74, 6) is -1.08. The molecule has 0 saturated heterocycles. The van der Waals surface area contributed by atoms with Crippen LogP contribution in [-0.2, 0) is 4.79 Å². The summed E-state index contributed by atoms with van der Waals surface area (Å²) < 4.78 is 0. The van der Waals surface area contributed by atoms with E-state index in [1.54, 1.807) is 18.2 Å². The number of benzene rings is 2. The van der Waals surface area contributed by atoms with Crippen molar-refractivity contribution in [3.05, 3.63) is 75.3 Å². The lowest BCUT2D eigenvalue weighted by molar-refractivity contribution is -0.384. The van der Waals surface area contributed by atoms with Gasteiger partial charge in [0.05, 0.1) is 10.5 Å². The van der Waals surface area contributed by atoms with E-state index in [0.717, 1.165) is 5.56 Å². The minimum absolute atomic E-state index is 0.0719. The zero-order chi connectivity index (χ0) is 15.4. The zero-order valence-corrected chi connectivity index (χ0v) is 11.3. The number of non-ortho nitro benzene ring substituents is 1. The van der Waals surface area contributed by atoms with Gasteiger partial charge in [0.25, 0.3) is 5.69 Å². The molecular weight excluding hydrogens is 270 g/mol. The van der Waals surface area contributed by atoms with Gasteiger partial charge in [-0.1, -0.05) is 42.0 Å². The molecule has 2 rings (SSSR count). The van der Waals surface area contributed by atoms with E-state index in [4.69, 9.17) is 0 Å². The Labute approximate surface area is 121 Å². The van der Waals surface area contributed by atoms with E-state index >= 15 is 0 Å². The lowest BCUT2D eigenvalue weighted by Gasteiger charge is -2.04. The monoisotopic (exact) mass is 283 g/mol. The van der Waals surface area contributed by atoms with Gasteiger partial charge in [-0.25, -0.2) is 4.79 Å². The molecule has 21 heavy (non-hydrogen) atoms. The first-order valence-electron chi connectivity index (χ1n) is 6.24. The predicted molar refractivity (Wildman–Crippen MR) is 79.8 cm³/mol. The van der Waals surface area contributed by atoms with E-state index in [9.17, 15) is 20.0 Å². The number of aryl methyl sites for hydroxylation is 1. The Morgan fingerprint density at radius 1 is 1.19 bits per heavy atom. The molecule has 0 heterocycles. The highest BCUT2D eigenvalue weighted by Crippen LogP contribution is 2.21. The van der Waals surface area contributed by atoms with Crippen LogP contribution < -0.4 is 0 Å². The topological polar surface area (TPSA) is 80.4 Å². The fraction of sp³-hybridized carbons (Fsp3) is 0.0625. The highest BCUT2D eigenvalue weighted by atomic mass is 16.6. The van der Waals surface area contributed by atoms with Gasteiger partial charge in [0.2, 0.25) is 0 Å². The molecule has 0 amide bonds. The van der Waals surface area contributed by atoms with Crippen LogP contribution in [0.4, 0.5) is 5.69 Å². The molecule has 0 bridgehead atoms. The molecule has 0 aromatic heterocycles. The van der Waals surface area contributed by atoms with Crippen molar-refractivity contribution in [1.82, 2.24) is 0 Å². The van der Waals surface area contributed by atoms with E-state index < -0.39 is 10.9 Å². The second kappa shape index (κ2) is 6.00. The summed E-state index contributed by atoms with van der Waals surface area (Å²) in [7, 11) is 0. The van der Waals surface area contributed by atoms with Crippen LogP contribution in [0.15, 0.2) is 48.5 Å². The van der Waals surface area contributed by atoms with Crippen molar-refractivity contribution in [2.45, 2.75) is 6.92 Å². The SMILES string of the molecule is Cc1ccc(/C(=C/c2cccc([N+](=O)[O-])c2)C(=O)O)cc1. The third-order valence-electron chi connectivity index (χ3n) is 2.99. The van der Waals surface area contributed by atoms with Crippen molar-refractivity contribution in [3.63, 3.8) is 0 Å². The van der Waals surface area contributed by atoms with Crippen LogP contribution in [0.5, 0.6) is 0 Å². The van der Waals surface area contributed by atoms with Gasteiger partial charge in [-0.15, -0.1) is 0 Å². The minimum Gasteiger partial charge on any atom is -0.478 e. The summed E-state index contributed by atoms with van der Waals surface area (Å²) in [5.41, 5.74) is 2.08. The maximum absolute atomic E-state index is 11.4. The molecule has 2 aromatic rings. The van der Waals surface area contributed by atoms with Crippen molar-refractivity contribution < 1.29 is 14.8 Å². The number of carboxylic acid groups (broad SMARTS) is 1. The van der Waals surface area contributed by atoms with Crippen molar-refractivity contribution in [2.75, 3.05) is 0 Å². The first-order chi connectivity index (χ1) is 9.97. The molecule has 0 radical (unpaired) electrons. The zero-order valence-electron chi connectivity index (χ0n) is 11.3. The molecule has 0 unspecified atom stereocenters. The maximum atomic E-state index is 11.4. The second-order valence-corrected chi connectivity index (χ2v) is 4.58. The third-order valence-corrected chi connectivity index (χ3v) is 2.99. The van der Waals surface area contributed by atoms with Crippen molar-refractivity contribution >= 4 is 23.3 Å². The number of carboxylic acids is 1. The lowest BCUT2D eigenvalue weighted by Crippen LogP contribution is -1.99.